The van der Waals surface area contributed by atoms with E-state index in [1.807, 2.05) is 43.3 Å². The molecule has 0 aliphatic carbocycles. The van der Waals surface area contributed by atoms with Crippen LogP contribution in [-0.4, -0.2) is 39.4 Å². The maximum atomic E-state index is 13.4. The highest BCUT2D eigenvalue weighted by atomic mass is 16.5. The van der Waals surface area contributed by atoms with Crippen LogP contribution in [0.3, 0.4) is 0 Å². The molecule has 0 unspecified atom stereocenters. The van der Waals surface area contributed by atoms with Gasteiger partial charge >= 0.3 is 0 Å². The van der Waals surface area contributed by atoms with Crippen molar-refractivity contribution in [2.75, 3.05) is 6.61 Å². The fourth-order valence-corrected chi connectivity index (χ4v) is 4.99. The van der Waals surface area contributed by atoms with Gasteiger partial charge in [0.2, 0.25) is 0 Å². The molecule has 1 fully saturated rings. The third-order valence-corrected chi connectivity index (χ3v) is 6.92. The van der Waals surface area contributed by atoms with Gasteiger partial charge in [-0.3, -0.25) is 14.6 Å². The van der Waals surface area contributed by atoms with Crippen LogP contribution in [0.4, 0.5) is 0 Å². The molecule has 2 aliphatic heterocycles. The summed E-state index contributed by atoms with van der Waals surface area (Å²) in [5, 5.41) is 11.5. The number of hydrogen-bond donors (Lipinski definition) is 1. The highest BCUT2D eigenvalue weighted by molar-refractivity contribution is 6.46. The number of aliphatic hydroxyl groups is 1. The van der Waals surface area contributed by atoms with E-state index in [9.17, 15) is 14.7 Å². The van der Waals surface area contributed by atoms with E-state index in [2.05, 4.69) is 18.8 Å². The fraction of sp³-hybridized carbons (Fsp3) is 0.323. The van der Waals surface area contributed by atoms with Crippen molar-refractivity contribution in [2.24, 2.45) is 5.92 Å². The van der Waals surface area contributed by atoms with Gasteiger partial charge in [-0.2, -0.15) is 0 Å². The lowest BCUT2D eigenvalue weighted by molar-refractivity contribution is -0.140. The van der Waals surface area contributed by atoms with Crippen molar-refractivity contribution in [3.05, 3.63) is 94.8 Å². The highest BCUT2D eigenvalue weighted by Gasteiger charge is 2.46. The summed E-state index contributed by atoms with van der Waals surface area (Å²) in [6.45, 7) is 7.00. The summed E-state index contributed by atoms with van der Waals surface area (Å²) in [6, 6.07) is 15.6. The van der Waals surface area contributed by atoms with Gasteiger partial charge in [-0.05, 0) is 72.4 Å². The van der Waals surface area contributed by atoms with E-state index in [1.54, 1.807) is 30.6 Å². The second-order valence-electron chi connectivity index (χ2n) is 10.3. The number of carbonyl (C=O) groups excluding carboxylic acids is 2. The molecule has 5 rings (SSSR count). The molecular weight excluding hydrogens is 480 g/mol. The Kier molecular flexibility index (Phi) is 7.18. The van der Waals surface area contributed by atoms with E-state index in [1.165, 1.54) is 4.90 Å². The van der Waals surface area contributed by atoms with Gasteiger partial charge in [-0.15, -0.1) is 0 Å². The first-order valence-corrected chi connectivity index (χ1v) is 13.0. The van der Waals surface area contributed by atoms with Crippen LogP contribution in [0.2, 0.25) is 0 Å². The highest BCUT2D eigenvalue weighted by Crippen LogP contribution is 2.42. The van der Waals surface area contributed by atoms with Crippen LogP contribution in [0.15, 0.2) is 72.6 Å². The first kappa shape index (κ1) is 25.5. The fourth-order valence-electron chi connectivity index (χ4n) is 4.99. The topological polar surface area (TPSA) is 89.0 Å². The zero-order chi connectivity index (χ0) is 26.8. The van der Waals surface area contributed by atoms with Crippen LogP contribution in [0.5, 0.6) is 11.5 Å². The third kappa shape index (κ3) is 5.14. The Balaban J connectivity index is 1.57. The molecule has 7 heteroatoms. The number of Topliss-reactive ketones (excluding diaryl/α,β-unsaturated/α-hetero) is 1. The van der Waals surface area contributed by atoms with Gasteiger partial charge in [0.05, 0.1) is 18.2 Å². The van der Waals surface area contributed by atoms with E-state index < -0.39 is 17.7 Å². The van der Waals surface area contributed by atoms with Crippen molar-refractivity contribution in [1.82, 2.24) is 9.88 Å². The number of benzene rings is 2. The van der Waals surface area contributed by atoms with Gasteiger partial charge < -0.3 is 19.5 Å². The van der Waals surface area contributed by atoms with E-state index in [0.717, 1.165) is 23.3 Å². The number of aliphatic hydroxyl groups excluding tert-OH is 1. The van der Waals surface area contributed by atoms with Crippen LogP contribution < -0.4 is 9.47 Å². The molecule has 1 N–H and O–H groups in total. The molecule has 2 aliphatic rings. The number of rotatable bonds is 8. The molecule has 2 aromatic carbocycles. The molecule has 7 nitrogen and oxygen atoms in total. The summed E-state index contributed by atoms with van der Waals surface area (Å²) >= 11 is 0. The van der Waals surface area contributed by atoms with Crippen LogP contribution >= 0.6 is 0 Å². The number of hydrogen-bond acceptors (Lipinski definition) is 6. The normalized spacial score (nSPS) is 20.1. The molecule has 0 bridgehead atoms. The lowest BCUT2D eigenvalue weighted by atomic mass is 9.94. The molecule has 1 aromatic heterocycles. The summed E-state index contributed by atoms with van der Waals surface area (Å²) in [7, 11) is 0. The molecule has 2 atom stereocenters. The molecule has 0 saturated carbocycles. The average molecular weight is 513 g/mol. The van der Waals surface area contributed by atoms with Crippen LogP contribution in [0, 0.1) is 5.92 Å². The van der Waals surface area contributed by atoms with Gasteiger partial charge in [-0.1, -0.05) is 32.0 Å². The molecule has 38 heavy (non-hydrogen) atoms. The summed E-state index contributed by atoms with van der Waals surface area (Å²) in [5.74, 6) is 0.353. The molecule has 1 amide bonds. The Morgan fingerprint density at radius 3 is 2.76 bits per heavy atom. The number of likely N-dealkylation sites (tertiary alicyclic amines) is 1. The molecular formula is C31H32N2O5. The first-order chi connectivity index (χ1) is 18.3. The molecule has 3 aromatic rings. The number of fused-ring (bicyclic) bond motifs is 1. The number of amides is 1. The Morgan fingerprint density at radius 1 is 1.16 bits per heavy atom. The molecule has 0 spiro atoms. The monoisotopic (exact) mass is 512 g/mol. The van der Waals surface area contributed by atoms with Crippen molar-refractivity contribution in [1.29, 1.82) is 0 Å². The minimum Gasteiger partial charge on any atom is -0.507 e. The number of ketones is 1. The van der Waals surface area contributed by atoms with Crippen molar-refractivity contribution in [3.8, 4) is 11.5 Å². The predicted octanol–water partition coefficient (Wildman–Crippen LogP) is 5.45. The Labute approximate surface area is 222 Å². The summed E-state index contributed by atoms with van der Waals surface area (Å²) in [5.41, 5.74) is 2.98. The molecule has 196 valence electrons. The number of nitrogens with zero attached hydrogens (tertiary/aromatic N) is 2. The maximum Gasteiger partial charge on any atom is 0.295 e. The quantitative estimate of drug-likeness (QED) is 0.245. The van der Waals surface area contributed by atoms with Gasteiger partial charge in [0.15, 0.2) is 0 Å². The smallest absolute Gasteiger partial charge is 0.295 e. The second kappa shape index (κ2) is 10.7. The lowest BCUT2D eigenvalue weighted by Gasteiger charge is -2.25. The number of pyridine rings is 1. The SMILES string of the molecule is CC(C)CCOc1cccc([C@@H]2C(=C(O)c3ccc4c(c3)C[C@H](C)O4)C(=O)C(=O)N2Cc2cccnc2)c1. The average Bonchev–Trinajstić information content (AvgIpc) is 3.40. The van der Waals surface area contributed by atoms with Crippen molar-refractivity contribution in [2.45, 2.75) is 52.3 Å². The zero-order valence-corrected chi connectivity index (χ0v) is 21.9. The van der Waals surface area contributed by atoms with Crippen molar-refractivity contribution >= 4 is 17.4 Å². The van der Waals surface area contributed by atoms with Crippen LogP contribution in [0.1, 0.15) is 55.5 Å². The molecule has 3 heterocycles. The van der Waals surface area contributed by atoms with Gasteiger partial charge in [0.25, 0.3) is 11.7 Å². The predicted molar refractivity (Wildman–Crippen MR) is 144 cm³/mol. The van der Waals surface area contributed by atoms with E-state index >= 15 is 0 Å². The van der Waals surface area contributed by atoms with Crippen LogP contribution in [-0.2, 0) is 22.6 Å². The van der Waals surface area contributed by atoms with E-state index in [0.29, 0.717) is 35.8 Å². The van der Waals surface area contributed by atoms with Crippen LogP contribution in [0.25, 0.3) is 5.76 Å². The Morgan fingerprint density at radius 2 is 2.00 bits per heavy atom. The minimum atomic E-state index is -0.785. The standard InChI is InChI=1S/C31H32N2O5/c1-19(2)11-13-37-25-8-4-7-22(16-25)28-27(29(34)23-9-10-26-24(15-23)14-20(3)38-26)30(35)31(36)33(28)18-21-6-5-12-32-17-21/h4-10,12,15-17,19-20,28,34H,11,13-14,18H2,1-3H3/t20-,28+/m0/s1. The Hall–Kier alpha value is -4.13. The van der Waals surface area contributed by atoms with Crippen molar-refractivity contribution < 1.29 is 24.2 Å². The maximum absolute atomic E-state index is 13.4. The lowest BCUT2D eigenvalue weighted by Crippen LogP contribution is -2.29. The minimum absolute atomic E-state index is 0.0471. The summed E-state index contributed by atoms with van der Waals surface area (Å²) in [6.07, 6.45) is 5.00. The summed E-state index contributed by atoms with van der Waals surface area (Å²) < 4.78 is 11.8. The Bertz CT molecular complexity index is 1380. The van der Waals surface area contributed by atoms with Gasteiger partial charge in [0, 0.05) is 30.9 Å². The number of carbonyl (C=O) groups is 2. The van der Waals surface area contributed by atoms with E-state index in [-0.39, 0.29) is 24.0 Å². The second-order valence-corrected chi connectivity index (χ2v) is 10.3. The zero-order valence-electron chi connectivity index (χ0n) is 21.9. The largest absolute Gasteiger partial charge is 0.507 e. The summed E-state index contributed by atoms with van der Waals surface area (Å²) in [4.78, 5) is 32.5. The van der Waals surface area contributed by atoms with E-state index in [4.69, 9.17) is 9.47 Å². The first-order valence-electron chi connectivity index (χ1n) is 13.0. The van der Waals surface area contributed by atoms with Gasteiger partial charge in [0.1, 0.15) is 23.4 Å². The van der Waals surface area contributed by atoms with Crippen molar-refractivity contribution in [3.63, 3.8) is 0 Å². The number of aromatic nitrogens is 1. The third-order valence-electron chi connectivity index (χ3n) is 6.92. The molecule has 0 radical (unpaired) electrons. The van der Waals surface area contributed by atoms with Gasteiger partial charge in [-0.25, -0.2) is 0 Å². The molecule has 1 saturated heterocycles. The number of ether oxygens (including phenoxy) is 2.